The Bertz CT molecular complexity index is 671. The predicted molar refractivity (Wildman–Crippen MR) is 106 cm³/mol. The summed E-state index contributed by atoms with van der Waals surface area (Å²) >= 11 is 0. The minimum Gasteiger partial charge on any atom is -0.481 e. The Balaban J connectivity index is 4.80. The molecule has 0 aliphatic heterocycles. The third-order valence-corrected chi connectivity index (χ3v) is 4.05. The van der Waals surface area contributed by atoms with Crippen LogP contribution in [-0.2, 0) is 28.8 Å². The first kappa shape index (κ1) is 27.7. The van der Waals surface area contributed by atoms with Gasteiger partial charge in [-0.05, 0) is 25.8 Å². The normalized spacial score (nSPS) is 13.4. The molecule has 0 bridgehead atoms. The van der Waals surface area contributed by atoms with E-state index in [1.165, 1.54) is 0 Å². The SMILES string of the molecule is NCCCCC(N)C(=O)NC(CC(N)=O)C(=O)NCC(=O)NC(CCC(=O)O)C(=O)O. The molecule has 0 spiro atoms. The number of nitrogens with one attached hydrogen (secondary N) is 3. The lowest BCUT2D eigenvalue weighted by Crippen LogP contribution is -2.54. The number of unbranched alkanes of at least 4 members (excludes halogenated alkanes) is 1. The van der Waals surface area contributed by atoms with Gasteiger partial charge in [0, 0.05) is 6.42 Å². The molecule has 14 heteroatoms. The van der Waals surface area contributed by atoms with Gasteiger partial charge in [-0.25, -0.2) is 4.79 Å². The topological polar surface area (TPSA) is 257 Å². The molecule has 0 heterocycles. The first-order valence-corrected chi connectivity index (χ1v) is 9.53. The van der Waals surface area contributed by atoms with Gasteiger partial charge >= 0.3 is 11.9 Å². The summed E-state index contributed by atoms with van der Waals surface area (Å²) in [6, 6.07) is -3.79. The standard InChI is InChI=1S/C17H30N6O8/c18-6-2-1-3-9(19)15(28)23-11(7-12(20)24)16(29)21-8-13(25)22-10(17(30)31)4-5-14(26)27/h9-11H,1-8,18-19H2,(H2,20,24)(H,21,29)(H,22,25)(H,23,28)(H,26,27)(H,30,31). The second-order valence-corrected chi connectivity index (χ2v) is 6.73. The Morgan fingerprint density at radius 2 is 1.52 bits per heavy atom. The minimum atomic E-state index is -1.46. The molecule has 0 radical (unpaired) electrons. The van der Waals surface area contributed by atoms with Crippen molar-refractivity contribution in [3.63, 3.8) is 0 Å². The van der Waals surface area contributed by atoms with Gasteiger partial charge in [-0.3, -0.25) is 24.0 Å². The number of rotatable bonds is 16. The number of aliphatic carboxylic acids is 2. The van der Waals surface area contributed by atoms with Gasteiger partial charge in [0.15, 0.2) is 0 Å². The number of hydrogen-bond acceptors (Lipinski definition) is 8. The number of amides is 4. The summed E-state index contributed by atoms with van der Waals surface area (Å²) in [5.74, 6) is -6.07. The average molecular weight is 446 g/mol. The van der Waals surface area contributed by atoms with Crippen LogP contribution in [0.15, 0.2) is 0 Å². The van der Waals surface area contributed by atoms with Crippen LogP contribution in [0.4, 0.5) is 0 Å². The fourth-order valence-electron chi connectivity index (χ4n) is 2.39. The number of hydrogen-bond donors (Lipinski definition) is 8. The maximum atomic E-state index is 12.3. The van der Waals surface area contributed by atoms with E-state index >= 15 is 0 Å². The van der Waals surface area contributed by atoms with E-state index in [0.29, 0.717) is 25.8 Å². The second-order valence-electron chi connectivity index (χ2n) is 6.73. The number of nitrogens with two attached hydrogens (primary N) is 3. The van der Waals surface area contributed by atoms with Gasteiger partial charge < -0.3 is 43.4 Å². The van der Waals surface area contributed by atoms with Gasteiger partial charge in [-0.2, -0.15) is 0 Å². The summed E-state index contributed by atoms with van der Waals surface area (Å²) in [6.45, 7) is -0.245. The third-order valence-electron chi connectivity index (χ3n) is 4.05. The van der Waals surface area contributed by atoms with Crippen LogP contribution in [0.3, 0.4) is 0 Å². The molecular weight excluding hydrogens is 416 g/mol. The van der Waals surface area contributed by atoms with Crippen molar-refractivity contribution in [2.24, 2.45) is 17.2 Å². The number of carbonyl (C=O) groups excluding carboxylic acids is 4. The Kier molecular flexibility index (Phi) is 13.1. The highest BCUT2D eigenvalue weighted by atomic mass is 16.4. The third kappa shape index (κ3) is 12.8. The largest absolute Gasteiger partial charge is 0.481 e. The number of carboxylic acids is 2. The van der Waals surface area contributed by atoms with Crippen LogP contribution in [0.5, 0.6) is 0 Å². The van der Waals surface area contributed by atoms with E-state index in [0.717, 1.165) is 0 Å². The molecule has 0 fully saturated rings. The van der Waals surface area contributed by atoms with E-state index in [1.807, 2.05) is 0 Å². The smallest absolute Gasteiger partial charge is 0.326 e. The van der Waals surface area contributed by atoms with Crippen molar-refractivity contribution < 1.29 is 39.0 Å². The molecule has 0 aromatic carbocycles. The highest BCUT2D eigenvalue weighted by Crippen LogP contribution is 2.01. The van der Waals surface area contributed by atoms with Crippen molar-refractivity contribution in [3.05, 3.63) is 0 Å². The van der Waals surface area contributed by atoms with Crippen molar-refractivity contribution in [3.8, 4) is 0 Å². The minimum absolute atomic E-state index is 0.309. The van der Waals surface area contributed by atoms with Crippen LogP contribution in [0, 0.1) is 0 Å². The van der Waals surface area contributed by atoms with Crippen molar-refractivity contribution in [2.45, 2.75) is 56.7 Å². The van der Waals surface area contributed by atoms with Crippen LogP contribution in [0.25, 0.3) is 0 Å². The van der Waals surface area contributed by atoms with Crippen molar-refractivity contribution >= 4 is 35.6 Å². The van der Waals surface area contributed by atoms with Crippen LogP contribution in [0.2, 0.25) is 0 Å². The van der Waals surface area contributed by atoms with E-state index in [2.05, 4.69) is 16.0 Å². The summed E-state index contributed by atoms with van der Waals surface area (Å²) in [7, 11) is 0. The van der Waals surface area contributed by atoms with E-state index in [1.54, 1.807) is 0 Å². The molecule has 0 aromatic rings. The van der Waals surface area contributed by atoms with Gasteiger partial charge in [0.1, 0.15) is 12.1 Å². The van der Waals surface area contributed by atoms with E-state index in [4.69, 9.17) is 27.4 Å². The Hall–Kier alpha value is -3.26. The lowest BCUT2D eigenvalue weighted by atomic mass is 10.1. The highest BCUT2D eigenvalue weighted by molar-refractivity contribution is 5.95. The zero-order valence-electron chi connectivity index (χ0n) is 17.0. The van der Waals surface area contributed by atoms with Gasteiger partial charge in [0.2, 0.25) is 23.6 Å². The van der Waals surface area contributed by atoms with E-state index in [9.17, 15) is 28.8 Å². The van der Waals surface area contributed by atoms with Crippen LogP contribution in [0.1, 0.15) is 38.5 Å². The zero-order valence-corrected chi connectivity index (χ0v) is 17.0. The second kappa shape index (κ2) is 14.7. The molecular formula is C17H30N6O8. The van der Waals surface area contributed by atoms with Gasteiger partial charge in [0.05, 0.1) is 19.0 Å². The molecule has 0 saturated carbocycles. The molecule has 11 N–H and O–H groups in total. The van der Waals surface area contributed by atoms with Crippen LogP contribution in [-0.4, -0.2) is 77.0 Å². The van der Waals surface area contributed by atoms with E-state index < -0.39 is 73.1 Å². The quantitative estimate of drug-likeness (QED) is 0.108. The molecule has 0 aromatic heterocycles. The lowest BCUT2D eigenvalue weighted by Gasteiger charge is -2.20. The molecule has 0 aliphatic carbocycles. The van der Waals surface area contributed by atoms with Crippen LogP contribution >= 0.6 is 0 Å². The number of carboxylic acid groups (broad SMARTS) is 2. The molecule has 31 heavy (non-hydrogen) atoms. The maximum Gasteiger partial charge on any atom is 0.326 e. The number of primary amides is 1. The molecule has 176 valence electrons. The first-order valence-electron chi connectivity index (χ1n) is 9.53. The Morgan fingerprint density at radius 3 is 2.03 bits per heavy atom. The highest BCUT2D eigenvalue weighted by Gasteiger charge is 2.26. The monoisotopic (exact) mass is 446 g/mol. The fraction of sp³-hybridized carbons (Fsp3) is 0.647. The van der Waals surface area contributed by atoms with Gasteiger partial charge in [0.25, 0.3) is 0 Å². The average Bonchev–Trinajstić information content (AvgIpc) is 2.67. The van der Waals surface area contributed by atoms with Gasteiger partial charge in [-0.1, -0.05) is 6.42 Å². The Labute approximate surface area is 178 Å². The predicted octanol–water partition coefficient (Wildman–Crippen LogP) is -3.65. The summed E-state index contributed by atoms with van der Waals surface area (Å²) in [5.41, 5.74) is 16.2. The summed E-state index contributed by atoms with van der Waals surface area (Å²) in [6.07, 6.45) is 0.165. The molecule has 3 atom stereocenters. The van der Waals surface area contributed by atoms with Crippen molar-refractivity contribution in [1.29, 1.82) is 0 Å². The lowest BCUT2D eigenvalue weighted by molar-refractivity contribution is -0.143. The molecule has 0 aliphatic rings. The van der Waals surface area contributed by atoms with E-state index in [-0.39, 0.29) is 6.42 Å². The zero-order chi connectivity index (χ0) is 24.0. The number of carbonyl (C=O) groups is 6. The van der Waals surface area contributed by atoms with Gasteiger partial charge in [-0.15, -0.1) is 0 Å². The van der Waals surface area contributed by atoms with Crippen molar-refractivity contribution in [1.82, 2.24) is 16.0 Å². The first-order chi connectivity index (χ1) is 14.5. The maximum absolute atomic E-state index is 12.3. The van der Waals surface area contributed by atoms with Crippen LogP contribution < -0.4 is 33.2 Å². The summed E-state index contributed by atoms with van der Waals surface area (Å²) < 4.78 is 0. The molecule has 3 unspecified atom stereocenters. The summed E-state index contributed by atoms with van der Waals surface area (Å²) in [5, 5.41) is 24.1. The molecule has 14 nitrogen and oxygen atoms in total. The molecule has 0 rings (SSSR count). The summed E-state index contributed by atoms with van der Waals surface area (Å²) in [4.78, 5) is 69.1. The fourth-order valence-corrected chi connectivity index (χ4v) is 2.39. The Morgan fingerprint density at radius 1 is 0.871 bits per heavy atom. The molecule has 0 saturated heterocycles. The van der Waals surface area contributed by atoms with Crippen molar-refractivity contribution in [2.75, 3.05) is 13.1 Å². The molecule has 4 amide bonds.